The maximum Gasteiger partial charge on any atom is 0.442 e. The highest BCUT2D eigenvalue weighted by molar-refractivity contribution is 8.14. The third kappa shape index (κ3) is 2.14. The van der Waals surface area contributed by atoms with Crippen molar-refractivity contribution in [3.05, 3.63) is 30.1 Å². The van der Waals surface area contributed by atoms with Crippen LogP contribution >= 0.6 is 11.8 Å². The van der Waals surface area contributed by atoms with Gasteiger partial charge in [-0.25, -0.2) is 4.99 Å². The number of aromatic nitrogens is 1. The highest BCUT2D eigenvalue weighted by Gasteiger charge is 2.67. The smallest absolute Gasteiger partial charge is 0.312 e. The molecule has 0 spiro atoms. The number of fused-ring (bicyclic) bond motifs is 1. The Bertz CT molecular complexity index is 664. The van der Waals surface area contributed by atoms with E-state index in [9.17, 15) is 22.8 Å². The second kappa shape index (κ2) is 4.97. The molecule has 1 N–H and O–H groups in total. The van der Waals surface area contributed by atoms with Crippen LogP contribution in [0.1, 0.15) is 10.4 Å². The molecule has 6 nitrogen and oxygen atoms in total. The number of carbonyl (C=O) groups excluding carboxylic acids is 2. The van der Waals surface area contributed by atoms with Crippen molar-refractivity contribution in [2.24, 2.45) is 4.99 Å². The Balaban J connectivity index is 1.97. The standard InChI is InChI=1S/C12H9F3N4O2S/c13-12(14,15)11(9(21)19-4-5-22-10(19)18-11)17-8(20)7-2-1-3-16-6-7/h1-3,6H,4-5H2,(H,17,20)/t11-/m1/s1. The second-order valence-corrected chi connectivity index (χ2v) is 5.67. The molecule has 1 atom stereocenters. The number of carbonyl (C=O) groups is 2. The molecule has 3 rings (SSSR count). The number of halogens is 3. The van der Waals surface area contributed by atoms with E-state index < -0.39 is 23.7 Å². The molecule has 0 aromatic carbocycles. The Morgan fingerprint density at radius 3 is 2.82 bits per heavy atom. The van der Waals surface area contributed by atoms with Gasteiger partial charge in [-0.3, -0.25) is 19.5 Å². The lowest BCUT2D eigenvalue weighted by Crippen LogP contribution is -2.63. The average molecular weight is 330 g/mol. The van der Waals surface area contributed by atoms with Gasteiger partial charge in [0.25, 0.3) is 11.8 Å². The molecular formula is C12H9F3N4O2S. The van der Waals surface area contributed by atoms with Gasteiger partial charge in [-0.15, -0.1) is 0 Å². The van der Waals surface area contributed by atoms with Gasteiger partial charge in [0.15, 0.2) is 5.17 Å². The predicted octanol–water partition coefficient (Wildman–Crippen LogP) is 1.01. The summed E-state index contributed by atoms with van der Waals surface area (Å²) in [6, 6.07) is 2.71. The summed E-state index contributed by atoms with van der Waals surface area (Å²) < 4.78 is 40.4. The van der Waals surface area contributed by atoms with E-state index in [2.05, 4.69) is 9.98 Å². The summed E-state index contributed by atoms with van der Waals surface area (Å²) in [6.45, 7) is 0.142. The fourth-order valence-electron chi connectivity index (χ4n) is 2.14. The predicted molar refractivity (Wildman–Crippen MR) is 72.1 cm³/mol. The van der Waals surface area contributed by atoms with Gasteiger partial charge in [0.2, 0.25) is 0 Å². The Hall–Kier alpha value is -2.10. The molecule has 1 saturated heterocycles. The van der Waals surface area contributed by atoms with Crippen molar-refractivity contribution in [1.29, 1.82) is 0 Å². The quantitative estimate of drug-likeness (QED) is 0.878. The van der Waals surface area contributed by atoms with Crippen LogP contribution in [0, 0.1) is 0 Å². The summed E-state index contributed by atoms with van der Waals surface area (Å²) in [6.07, 6.45) is -2.55. The number of hydrogen-bond acceptors (Lipinski definition) is 5. The van der Waals surface area contributed by atoms with Crippen LogP contribution in [0.4, 0.5) is 13.2 Å². The molecule has 2 amide bonds. The van der Waals surface area contributed by atoms with Crippen molar-refractivity contribution >= 4 is 28.7 Å². The molecule has 22 heavy (non-hydrogen) atoms. The van der Waals surface area contributed by atoms with Crippen LogP contribution in [-0.2, 0) is 4.79 Å². The van der Waals surface area contributed by atoms with Gasteiger partial charge in [-0.05, 0) is 12.1 Å². The van der Waals surface area contributed by atoms with Crippen LogP contribution in [0.3, 0.4) is 0 Å². The minimum atomic E-state index is -5.04. The maximum atomic E-state index is 13.5. The Morgan fingerprint density at radius 1 is 1.45 bits per heavy atom. The monoisotopic (exact) mass is 330 g/mol. The highest BCUT2D eigenvalue weighted by Crippen LogP contribution is 2.40. The van der Waals surface area contributed by atoms with Gasteiger partial charge >= 0.3 is 11.8 Å². The van der Waals surface area contributed by atoms with Gasteiger partial charge in [0.05, 0.1) is 5.56 Å². The van der Waals surface area contributed by atoms with Crippen molar-refractivity contribution in [3.63, 3.8) is 0 Å². The first-order valence-electron chi connectivity index (χ1n) is 6.19. The van der Waals surface area contributed by atoms with Crippen LogP contribution in [-0.4, -0.2) is 51.0 Å². The topological polar surface area (TPSA) is 74.7 Å². The fraction of sp³-hybridized carbons (Fsp3) is 0.333. The summed E-state index contributed by atoms with van der Waals surface area (Å²) in [5.74, 6) is -1.86. The lowest BCUT2D eigenvalue weighted by Gasteiger charge is -2.28. The van der Waals surface area contributed by atoms with Crippen LogP contribution in [0.2, 0.25) is 0 Å². The highest BCUT2D eigenvalue weighted by atomic mass is 32.2. The largest absolute Gasteiger partial charge is 0.442 e. The summed E-state index contributed by atoms with van der Waals surface area (Å²) >= 11 is 1.05. The lowest BCUT2D eigenvalue weighted by atomic mass is 10.1. The van der Waals surface area contributed by atoms with E-state index in [-0.39, 0.29) is 17.3 Å². The first kappa shape index (κ1) is 14.8. The number of hydrogen-bond donors (Lipinski definition) is 1. The molecule has 2 aliphatic heterocycles. The van der Waals surface area contributed by atoms with E-state index in [1.54, 1.807) is 5.32 Å². The molecule has 1 aromatic rings. The minimum Gasteiger partial charge on any atom is -0.312 e. The van der Waals surface area contributed by atoms with Crippen molar-refractivity contribution in [1.82, 2.24) is 15.2 Å². The van der Waals surface area contributed by atoms with Crippen molar-refractivity contribution in [2.75, 3.05) is 12.3 Å². The van der Waals surface area contributed by atoms with Crippen LogP contribution in [0.5, 0.6) is 0 Å². The number of nitrogens with zero attached hydrogens (tertiary/aromatic N) is 3. The average Bonchev–Trinajstić information content (AvgIpc) is 3.02. The minimum absolute atomic E-state index is 0.0196. The van der Waals surface area contributed by atoms with Crippen molar-refractivity contribution in [3.8, 4) is 0 Å². The normalized spacial score (nSPS) is 24.2. The molecule has 0 saturated carbocycles. The first-order valence-corrected chi connectivity index (χ1v) is 7.17. The van der Waals surface area contributed by atoms with Gasteiger partial charge in [0.1, 0.15) is 0 Å². The maximum absolute atomic E-state index is 13.5. The third-order valence-corrected chi connectivity index (χ3v) is 4.18. The molecule has 2 aliphatic rings. The van der Waals surface area contributed by atoms with Gasteiger partial charge in [-0.1, -0.05) is 11.8 Å². The second-order valence-electron chi connectivity index (χ2n) is 4.60. The molecule has 0 aliphatic carbocycles. The number of alkyl halides is 3. The van der Waals surface area contributed by atoms with E-state index in [0.29, 0.717) is 5.75 Å². The first-order chi connectivity index (χ1) is 10.3. The zero-order valence-electron chi connectivity index (χ0n) is 10.9. The van der Waals surface area contributed by atoms with Gasteiger partial charge in [0, 0.05) is 24.7 Å². The van der Waals surface area contributed by atoms with E-state index >= 15 is 0 Å². The van der Waals surface area contributed by atoms with E-state index in [4.69, 9.17) is 0 Å². The molecule has 1 fully saturated rings. The number of nitrogens with one attached hydrogen (secondary N) is 1. The van der Waals surface area contributed by atoms with Crippen molar-refractivity contribution < 1.29 is 22.8 Å². The van der Waals surface area contributed by atoms with E-state index in [1.807, 2.05) is 0 Å². The Labute approximate surface area is 126 Å². The summed E-state index contributed by atoms with van der Waals surface area (Å²) in [4.78, 5) is 32.3. The zero-order chi connectivity index (χ0) is 16.0. The zero-order valence-corrected chi connectivity index (χ0v) is 11.7. The summed E-state index contributed by atoms with van der Waals surface area (Å²) in [5, 5.41) is 1.71. The number of rotatable bonds is 2. The Kier molecular flexibility index (Phi) is 3.35. The van der Waals surface area contributed by atoms with Crippen molar-refractivity contribution in [2.45, 2.75) is 11.8 Å². The molecule has 10 heteroatoms. The number of pyridine rings is 1. The van der Waals surface area contributed by atoms with Gasteiger partial charge in [-0.2, -0.15) is 13.2 Å². The number of amides is 2. The number of aliphatic imine (C=N–C) groups is 1. The summed E-state index contributed by atoms with van der Waals surface area (Å²) in [5.41, 5.74) is -3.35. The van der Waals surface area contributed by atoms with Crippen LogP contribution < -0.4 is 5.32 Å². The van der Waals surface area contributed by atoms with Crippen LogP contribution in [0.15, 0.2) is 29.5 Å². The number of thioether (sulfide) groups is 1. The van der Waals surface area contributed by atoms with Crippen LogP contribution in [0.25, 0.3) is 0 Å². The van der Waals surface area contributed by atoms with Gasteiger partial charge < -0.3 is 5.32 Å². The SMILES string of the molecule is O=C(N[C@@]1(C(F)(F)F)N=C2SCCN2C1=O)c1cccnc1. The Morgan fingerprint density at radius 2 is 2.23 bits per heavy atom. The molecule has 0 bridgehead atoms. The summed E-state index contributed by atoms with van der Waals surface area (Å²) in [7, 11) is 0. The fourth-order valence-corrected chi connectivity index (χ4v) is 3.13. The van der Waals surface area contributed by atoms with E-state index in [1.165, 1.54) is 18.3 Å². The molecular weight excluding hydrogens is 321 g/mol. The molecule has 0 radical (unpaired) electrons. The lowest BCUT2D eigenvalue weighted by molar-refractivity contribution is -0.196. The molecule has 0 unspecified atom stereocenters. The van der Waals surface area contributed by atoms with E-state index in [0.717, 1.165) is 22.9 Å². The molecule has 1 aromatic heterocycles. The molecule has 3 heterocycles. The number of amidine groups is 1. The third-order valence-electron chi connectivity index (χ3n) is 3.22. The molecule has 116 valence electrons.